The van der Waals surface area contributed by atoms with Crippen molar-refractivity contribution in [1.82, 2.24) is 15.3 Å². The van der Waals surface area contributed by atoms with Crippen LogP contribution in [-0.2, 0) is 6.42 Å². The number of hydrogen-bond donors (Lipinski definition) is 1. The number of hydrogen-bond acceptors (Lipinski definition) is 3. The maximum atomic E-state index is 12.5. The van der Waals surface area contributed by atoms with Crippen LogP contribution in [-0.4, -0.2) is 21.4 Å². The molecule has 1 aromatic carbocycles. The highest BCUT2D eigenvalue weighted by atomic mass is 79.9. The molecule has 3 rings (SSSR count). The van der Waals surface area contributed by atoms with Gasteiger partial charge in [0.25, 0.3) is 5.91 Å². The van der Waals surface area contributed by atoms with E-state index in [1.54, 1.807) is 12.4 Å². The summed E-state index contributed by atoms with van der Waals surface area (Å²) in [4.78, 5) is 20.6. The van der Waals surface area contributed by atoms with Crippen LogP contribution in [0.3, 0.4) is 0 Å². The highest BCUT2D eigenvalue weighted by molar-refractivity contribution is 9.10. The van der Waals surface area contributed by atoms with E-state index in [1.807, 2.05) is 0 Å². The normalized spacial score (nSPS) is 16.7. The van der Waals surface area contributed by atoms with E-state index in [0.717, 1.165) is 36.6 Å². The Morgan fingerprint density at radius 3 is 2.52 bits per heavy atom. The highest BCUT2D eigenvalue weighted by Crippen LogP contribution is 2.32. The van der Waals surface area contributed by atoms with E-state index >= 15 is 0 Å². The average Bonchev–Trinajstić information content (AvgIpc) is 2.58. The zero-order valence-corrected chi connectivity index (χ0v) is 14.6. The molecule has 1 aliphatic rings. The van der Waals surface area contributed by atoms with Crippen molar-refractivity contribution < 1.29 is 4.79 Å². The maximum Gasteiger partial charge on any atom is 0.271 e. The second kappa shape index (κ2) is 7.21. The molecule has 0 atom stereocenters. The number of nitrogens with zero attached hydrogens (tertiary/aromatic N) is 2. The summed E-state index contributed by atoms with van der Waals surface area (Å²) >= 11 is 3.47. The summed E-state index contributed by atoms with van der Waals surface area (Å²) in [5, 5.41) is 3.26. The molecule has 1 amide bonds. The molecule has 0 unspecified atom stereocenters. The average molecular weight is 374 g/mol. The van der Waals surface area contributed by atoms with Crippen LogP contribution < -0.4 is 5.32 Å². The van der Waals surface area contributed by atoms with Gasteiger partial charge in [0.2, 0.25) is 0 Å². The van der Waals surface area contributed by atoms with Gasteiger partial charge in [-0.1, -0.05) is 47.3 Å². The minimum Gasteiger partial charge on any atom is -0.345 e. The van der Waals surface area contributed by atoms with Crippen molar-refractivity contribution in [2.24, 2.45) is 0 Å². The fourth-order valence-corrected chi connectivity index (χ4v) is 3.55. The zero-order valence-electron chi connectivity index (χ0n) is 13.0. The molecule has 0 bridgehead atoms. The SMILES string of the molecule is O=C(NC1(Cc2ccc(Br)cc2)CCCCC1)c1cnccn1. The molecule has 1 N–H and O–H groups in total. The minimum absolute atomic E-state index is 0.128. The van der Waals surface area contributed by atoms with Crippen LogP contribution >= 0.6 is 15.9 Å². The Balaban J connectivity index is 1.79. The third-order valence-corrected chi connectivity index (χ3v) is 4.97. The Kier molecular flexibility index (Phi) is 5.06. The Morgan fingerprint density at radius 2 is 1.87 bits per heavy atom. The quantitative estimate of drug-likeness (QED) is 0.883. The molecule has 1 aromatic heterocycles. The first-order chi connectivity index (χ1) is 11.2. The number of carbonyl (C=O) groups is 1. The lowest BCUT2D eigenvalue weighted by molar-refractivity contribution is 0.0862. The molecule has 1 heterocycles. The summed E-state index contributed by atoms with van der Waals surface area (Å²) in [6.45, 7) is 0. The smallest absolute Gasteiger partial charge is 0.271 e. The standard InChI is InChI=1S/C18H20BrN3O/c19-15-6-4-14(5-7-15)12-18(8-2-1-3-9-18)22-17(23)16-13-20-10-11-21-16/h4-7,10-11,13H,1-3,8-9,12H2,(H,22,23). The van der Waals surface area contributed by atoms with Gasteiger partial charge in [-0.05, 0) is 37.0 Å². The van der Waals surface area contributed by atoms with Gasteiger partial charge in [-0.3, -0.25) is 9.78 Å². The third-order valence-electron chi connectivity index (χ3n) is 4.44. The van der Waals surface area contributed by atoms with E-state index in [9.17, 15) is 4.79 Å². The van der Waals surface area contributed by atoms with Gasteiger partial charge in [-0.15, -0.1) is 0 Å². The summed E-state index contributed by atoms with van der Waals surface area (Å²) in [6.07, 6.45) is 11.1. The third kappa shape index (κ3) is 4.16. The van der Waals surface area contributed by atoms with Gasteiger partial charge in [0.05, 0.1) is 6.20 Å². The van der Waals surface area contributed by atoms with E-state index < -0.39 is 0 Å². The lowest BCUT2D eigenvalue weighted by Gasteiger charge is -2.38. The predicted octanol–water partition coefficient (Wildman–Crippen LogP) is 3.91. The van der Waals surface area contributed by atoms with Crippen molar-refractivity contribution in [3.63, 3.8) is 0 Å². The summed E-state index contributed by atoms with van der Waals surface area (Å²) in [7, 11) is 0. The van der Waals surface area contributed by atoms with Gasteiger partial charge >= 0.3 is 0 Å². The molecule has 1 aliphatic carbocycles. The van der Waals surface area contributed by atoms with Crippen LogP contribution in [0.5, 0.6) is 0 Å². The molecule has 1 fully saturated rings. The summed E-state index contributed by atoms with van der Waals surface area (Å²) in [5.74, 6) is -0.128. The minimum atomic E-state index is -0.180. The molecule has 5 heteroatoms. The first kappa shape index (κ1) is 16.1. The summed E-state index contributed by atoms with van der Waals surface area (Å²) in [5.41, 5.74) is 1.45. The zero-order chi connectivity index (χ0) is 16.1. The Hall–Kier alpha value is -1.75. The number of amides is 1. The number of halogens is 1. The van der Waals surface area contributed by atoms with E-state index in [4.69, 9.17) is 0 Å². The number of rotatable bonds is 4. The van der Waals surface area contributed by atoms with Gasteiger partial charge in [-0.2, -0.15) is 0 Å². The van der Waals surface area contributed by atoms with Crippen LogP contribution in [0.15, 0.2) is 47.3 Å². The van der Waals surface area contributed by atoms with E-state index in [0.29, 0.717) is 5.69 Å². The van der Waals surface area contributed by atoms with Gasteiger partial charge in [0, 0.05) is 22.4 Å². The van der Waals surface area contributed by atoms with Crippen molar-refractivity contribution in [3.05, 3.63) is 58.6 Å². The van der Waals surface area contributed by atoms with Crippen LogP contribution in [0.2, 0.25) is 0 Å². The molecule has 1 saturated carbocycles. The molecule has 0 radical (unpaired) electrons. The number of carbonyl (C=O) groups excluding carboxylic acids is 1. The van der Waals surface area contributed by atoms with Crippen molar-refractivity contribution in [2.75, 3.05) is 0 Å². The van der Waals surface area contributed by atoms with Gasteiger partial charge in [-0.25, -0.2) is 4.98 Å². The molecule has 0 saturated heterocycles. The van der Waals surface area contributed by atoms with Gasteiger partial charge < -0.3 is 5.32 Å². The molecule has 4 nitrogen and oxygen atoms in total. The Bertz CT molecular complexity index is 652. The van der Waals surface area contributed by atoms with Crippen molar-refractivity contribution in [3.8, 4) is 0 Å². The maximum absolute atomic E-state index is 12.5. The molecule has 23 heavy (non-hydrogen) atoms. The Morgan fingerprint density at radius 1 is 1.13 bits per heavy atom. The fourth-order valence-electron chi connectivity index (χ4n) is 3.29. The summed E-state index contributed by atoms with van der Waals surface area (Å²) < 4.78 is 1.07. The topological polar surface area (TPSA) is 54.9 Å². The van der Waals surface area contributed by atoms with Gasteiger partial charge in [0.1, 0.15) is 5.69 Å². The lowest BCUT2D eigenvalue weighted by atomic mass is 9.77. The van der Waals surface area contributed by atoms with Crippen LogP contribution in [0.1, 0.15) is 48.2 Å². The number of benzene rings is 1. The largest absolute Gasteiger partial charge is 0.345 e. The first-order valence-electron chi connectivity index (χ1n) is 8.00. The monoisotopic (exact) mass is 373 g/mol. The van der Waals surface area contributed by atoms with Crippen molar-refractivity contribution in [2.45, 2.75) is 44.1 Å². The molecule has 0 aliphatic heterocycles. The number of nitrogens with one attached hydrogen (secondary N) is 1. The summed E-state index contributed by atoms with van der Waals surface area (Å²) in [6, 6.07) is 8.34. The molecule has 2 aromatic rings. The molecular weight excluding hydrogens is 354 g/mol. The predicted molar refractivity (Wildman–Crippen MR) is 93.2 cm³/mol. The van der Waals surface area contributed by atoms with Crippen LogP contribution in [0.25, 0.3) is 0 Å². The molecule has 0 spiro atoms. The number of aromatic nitrogens is 2. The second-order valence-corrected chi connectivity index (χ2v) is 7.10. The van der Waals surface area contributed by atoms with Crippen molar-refractivity contribution in [1.29, 1.82) is 0 Å². The lowest BCUT2D eigenvalue weighted by Crippen LogP contribution is -2.51. The van der Waals surface area contributed by atoms with E-state index in [2.05, 4.69) is 55.5 Å². The van der Waals surface area contributed by atoms with Crippen molar-refractivity contribution >= 4 is 21.8 Å². The van der Waals surface area contributed by atoms with E-state index in [-0.39, 0.29) is 11.4 Å². The Labute approximate surface area is 144 Å². The highest BCUT2D eigenvalue weighted by Gasteiger charge is 2.34. The second-order valence-electron chi connectivity index (χ2n) is 6.19. The van der Waals surface area contributed by atoms with Crippen LogP contribution in [0.4, 0.5) is 0 Å². The molecule has 120 valence electrons. The van der Waals surface area contributed by atoms with Gasteiger partial charge in [0.15, 0.2) is 0 Å². The molecular formula is C18H20BrN3O. The van der Waals surface area contributed by atoms with Crippen LogP contribution in [0, 0.1) is 0 Å². The first-order valence-corrected chi connectivity index (χ1v) is 8.79. The van der Waals surface area contributed by atoms with E-state index in [1.165, 1.54) is 18.2 Å². The fraction of sp³-hybridized carbons (Fsp3) is 0.389.